The van der Waals surface area contributed by atoms with Crippen molar-refractivity contribution in [1.82, 2.24) is 0 Å². The minimum Gasteiger partial charge on any atom is -1.00 e. The van der Waals surface area contributed by atoms with Gasteiger partial charge in [-0.3, -0.25) is 4.79 Å². The van der Waals surface area contributed by atoms with Crippen LogP contribution in [0.4, 0.5) is 0 Å². The molecule has 0 aromatic carbocycles. The first-order chi connectivity index (χ1) is 3.31. The molecular weight excluding hydrogens is 132 g/mol. The van der Waals surface area contributed by atoms with Crippen LogP contribution in [0.5, 0.6) is 0 Å². The predicted octanol–water partition coefficient (Wildman–Crippen LogP) is 0.456. The zero-order chi connectivity index (χ0) is 5.70. The van der Waals surface area contributed by atoms with Gasteiger partial charge in [-0.1, -0.05) is 6.92 Å². The molecule has 0 rings (SSSR count). The van der Waals surface area contributed by atoms with Gasteiger partial charge in [0, 0.05) is 13.5 Å². The molecule has 0 unspecified atom stereocenters. The van der Waals surface area contributed by atoms with E-state index in [-0.39, 0.29) is 53.0 Å². The SMILES string of the molecule is CCC(=O)COC.[Ca+2].[H-].[H-]. The molecule has 46 valence electrons. The first-order valence-electron chi connectivity index (χ1n) is 2.32. The number of carbonyl (C=O) groups excluding carboxylic acids is 1. The Morgan fingerprint density at radius 3 is 2.38 bits per heavy atom. The normalized spacial score (nSPS) is 7.75. The standard InChI is InChI=1S/C5H10O2.Ca.2H/c1-3-5(6)4-7-2;;;/h3-4H2,1-2H3;;;/q;+2;2*-1. The van der Waals surface area contributed by atoms with Crippen molar-refractivity contribution in [3.63, 3.8) is 0 Å². The Morgan fingerprint density at radius 2 is 2.25 bits per heavy atom. The summed E-state index contributed by atoms with van der Waals surface area (Å²) in [6, 6.07) is 0. The molecule has 0 saturated heterocycles. The van der Waals surface area contributed by atoms with Crippen LogP contribution in [0, 0.1) is 0 Å². The van der Waals surface area contributed by atoms with Crippen LogP contribution >= 0.6 is 0 Å². The number of methoxy groups -OCH3 is 1. The molecule has 0 amide bonds. The van der Waals surface area contributed by atoms with Crippen molar-refractivity contribution >= 4 is 43.5 Å². The van der Waals surface area contributed by atoms with Gasteiger partial charge in [0.05, 0.1) is 0 Å². The van der Waals surface area contributed by atoms with Crippen LogP contribution in [0.1, 0.15) is 16.2 Å². The summed E-state index contributed by atoms with van der Waals surface area (Å²) in [7, 11) is 1.52. The zero-order valence-electron chi connectivity index (χ0n) is 7.44. The summed E-state index contributed by atoms with van der Waals surface area (Å²) in [5.41, 5.74) is 0. The summed E-state index contributed by atoms with van der Waals surface area (Å²) >= 11 is 0. The van der Waals surface area contributed by atoms with Gasteiger partial charge in [-0.15, -0.1) is 0 Å². The van der Waals surface area contributed by atoms with Crippen molar-refractivity contribution in [2.75, 3.05) is 13.7 Å². The third-order valence-electron chi connectivity index (χ3n) is 0.700. The molecule has 2 nitrogen and oxygen atoms in total. The summed E-state index contributed by atoms with van der Waals surface area (Å²) in [6.07, 6.45) is 0.577. The monoisotopic (exact) mass is 144 g/mol. The molecule has 0 bridgehead atoms. The van der Waals surface area contributed by atoms with Gasteiger partial charge >= 0.3 is 37.7 Å². The van der Waals surface area contributed by atoms with Crippen LogP contribution < -0.4 is 0 Å². The van der Waals surface area contributed by atoms with Gasteiger partial charge < -0.3 is 7.59 Å². The second-order valence-corrected chi connectivity index (χ2v) is 1.33. The molecule has 3 heteroatoms. The summed E-state index contributed by atoms with van der Waals surface area (Å²) in [5.74, 6) is 0.155. The zero-order valence-corrected chi connectivity index (χ0v) is 7.65. The Balaban J connectivity index is -0.0000000600. The quantitative estimate of drug-likeness (QED) is 0.538. The van der Waals surface area contributed by atoms with E-state index in [1.807, 2.05) is 6.92 Å². The van der Waals surface area contributed by atoms with E-state index in [0.29, 0.717) is 6.42 Å². The second kappa shape index (κ2) is 7.89. The molecule has 0 spiro atoms. The third-order valence-corrected chi connectivity index (χ3v) is 0.700. The van der Waals surface area contributed by atoms with E-state index in [9.17, 15) is 4.79 Å². The van der Waals surface area contributed by atoms with Gasteiger partial charge in [-0.05, 0) is 0 Å². The minimum absolute atomic E-state index is 0. The van der Waals surface area contributed by atoms with Gasteiger partial charge in [0.25, 0.3) is 0 Å². The largest absolute Gasteiger partial charge is 2.00 e. The Bertz CT molecular complexity index is 70.7. The Hall–Kier alpha value is 0.890. The van der Waals surface area contributed by atoms with Crippen molar-refractivity contribution in [3.05, 3.63) is 0 Å². The van der Waals surface area contributed by atoms with E-state index < -0.39 is 0 Å². The van der Waals surface area contributed by atoms with Crippen molar-refractivity contribution in [2.24, 2.45) is 0 Å². The number of ketones is 1. The maximum atomic E-state index is 10.3. The van der Waals surface area contributed by atoms with Crippen molar-refractivity contribution in [3.8, 4) is 0 Å². The van der Waals surface area contributed by atoms with Gasteiger partial charge in [-0.2, -0.15) is 0 Å². The molecule has 0 aliphatic carbocycles. The third kappa shape index (κ3) is 6.89. The van der Waals surface area contributed by atoms with Crippen molar-refractivity contribution in [2.45, 2.75) is 13.3 Å². The van der Waals surface area contributed by atoms with E-state index >= 15 is 0 Å². The molecule has 0 N–H and O–H groups in total. The van der Waals surface area contributed by atoms with Crippen LogP contribution in [0.15, 0.2) is 0 Å². The van der Waals surface area contributed by atoms with Crippen molar-refractivity contribution < 1.29 is 12.4 Å². The molecule has 8 heavy (non-hydrogen) atoms. The Labute approximate surface area is 82.6 Å². The number of ether oxygens (including phenoxy) is 1. The summed E-state index contributed by atoms with van der Waals surface area (Å²) in [5, 5.41) is 0. The molecule has 0 fully saturated rings. The Morgan fingerprint density at radius 1 is 1.75 bits per heavy atom. The molecule has 0 radical (unpaired) electrons. The first-order valence-corrected chi connectivity index (χ1v) is 2.32. The summed E-state index contributed by atoms with van der Waals surface area (Å²) in [4.78, 5) is 10.3. The maximum Gasteiger partial charge on any atom is 2.00 e. The van der Waals surface area contributed by atoms with Gasteiger partial charge in [0.15, 0.2) is 5.78 Å². The second-order valence-electron chi connectivity index (χ2n) is 1.33. The van der Waals surface area contributed by atoms with E-state index in [1.54, 1.807) is 0 Å². The number of hydrogen-bond acceptors (Lipinski definition) is 2. The number of rotatable bonds is 3. The molecule has 0 aliphatic heterocycles. The fraction of sp³-hybridized carbons (Fsp3) is 0.800. The fourth-order valence-corrected chi connectivity index (χ4v) is 0.263. The number of carbonyl (C=O) groups is 1. The molecule has 0 aromatic rings. The summed E-state index contributed by atoms with van der Waals surface area (Å²) in [6.45, 7) is 2.08. The van der Waals surface area contributed by atoms with Crippen LogP contribution in [-0.4, -0.2) is 57.2 Å². The van der Waals surface area contributed by atoms with Crippen LogP contribution in [0.25, 0.3) is 0 Å². The molecule has 0 aliphatic rings. The summed E-state index contributed by atoms with van der Waals surface area (Å²) < 4.78 is 4.54. The van der Waals surface area contributed by atoms with Crippen LogP contribution in [0.2, 0.25) is 0 Å². The van der Waals surface area contributed by atoms with E-state index in [4.69, 9.17) is 0 Å². The molecule has 0 saturated carbocycles. The maximum absolute atomic E-state index is 10.3. The smallest absolute Gasteiger partial charge is 1.00 e. The van der Waals surface area contributed by atoms with Gasteiger partial charge in [0.2, 0.25) is 0 Å². The fourth-order valence-electron chi connectivity index (χ4n) is 0.263. The number of Topliss-reactive ketones (excluding diaryl/α,β-unsaturated/α-hetero) is 1. The molecule has 0 atom stereocenters. The average molecular weight is 144 g/mol. The minimum atomic E-state index is 0. The van der Waals surface area contributed by atoms with Crippen LogP contribution in [0.3, 0.4) is 0 Å². The van der Waals surface area contributed by atoms with E-state index in [0.717, 1.165) is 0 Å². The topological polar surface area (TPSA) is 26.3 Å². The predicted molar refractivity (Wildman–Crippen MR) is 35.2 cm³/mol. The van der Waals surface area contributed by atoms with Crippen LogP contribution in [-0.2, 0) is 9.53 Å². The van der Waals surface area contributed by atoms with Gasteiger partial charge in [0.1, 0.15) is 6.61 Å². The molecule has 0 aromatic heterocycles. The molecular formula is C5H12CaO2. The Kier molecular flexibility index (Phi) is 11.5. The van der Waals surface area contributed by atoms with E-state index in [1.165, 1.54) is 7.11 Å². The first kappa shape index (κ1) is 11.7. The van der Waals surface area contributed by atoms with Gasteiger partial charge in [-0.25, -0.2) is 0 Å². The average Bonchev–Trinajstić information content (AvgIpc) is 1.68. The van der Waals surface area contributed by atoms with E-state index in [2.05, 4.69) is 4.74 Å². The molecule has 0 heterocycles. The van der Waals surface area contributed by atoms with Crippen molar-refractivity contribution in [1.29, 1.82) is 0 Å². The number of hydrogen-bond donors (Lipinski definition) is 0.